The van der Waals surface area contributed by atoms with Crippen molar-refractivity contribution < 1.29 is 49.4 Å². The molecule has 0 aromatic heterocycles. The average molecular weight is 304 g/mol. The summed E-state index contributed by atoms with van der Waals surface area (Å²) in [7, 11) is 0. The highest BCUT2D eigenvalue weighted by molar-refractivity contribution is 5.86. The first-order valence-electron chi connectivity index (χ1n) is 4.21. The van der Waals surface area contributed by atoms with Gasteiger partial charge in [0.25, 0.3) is 0 Å². The van der Waals surface area contributed by atoms with Crippen LogP contribution >= 0.6 is 0 Å². The largest absolute Gasteiger partial charge is 0.478 e. The zero-order chi connectivity index (χ0) is 15.9. The summed E-state index contributed by atoms with van der Waals surface area (Å²) in [6, 6.07) is 0. The molecule has 0 spiro atoms. The molecular formula is C8H5F9O2. The topological polar surface area (TPSA) is 37.3 Å². The molecule has 0 rings (SSSR count). The van der Waals surface area contributed by atoms with E-state index < -0.39 is 41.6 Å². The first kappa shape index (κ1) is 17.6. The van der Waals surface area contributed by atoms with Crippen LogP contribution in [-0.4, -0.2) is 35.0 Å². The Morgan fingerprint density at radius 2 is 1.26 bits per heavy atom. The molecule has 11 heteroatoms. The number of carboxylic acid groups (broad SMARTS) is 1. The van der Waals surface area contributed by atoms with Crippen molar-refractivity contribution in [2.45, 2.75) is 30.9 Å². The minimum Gasteiger partial charge on any atom is -0.478 e. The highest BCUT2D eigenvalue weighted by Crippen LogP contribution is 2.53. The molecule has 0 aliphatic rings. The zero-order valence-electron chi connectivity index (χ0n) is 8.83. The van der Waals surface area contributed by atoms with Gasteiger partial charge in [-0.2, -0.15) is 39.5 Å². The molecule has 1 N–H and O–H groups in total. The van der Waals surface area contributed by atoms with Crippen LogP contribution in [0.5, 0.6) is 0 Å². The molecule has 0 aliphatic heterocycles. The van der Waals surface area contributed by atoms with Gasteiger partial charge >= 0.3 is 29.9 Å². The van der Waals surface area contributed by atoms with Crippen LogP contribution in [0.3, 0.4) is 0 Å². The quantitative estimate of drug-likeness (QED) is 0.638. The third kappa shape index (κ3) is 2.95. The van der Waals surface area contributed by atoms with Gasteiger partial charge in [-0.05, 0) is 6.92 Å². The van der Waals surface area contributed by atoms with Crippen LogP contribution in [0.4, 0.5) is 39.5 Å². The summed E-state index contributed by atoms with van der Waals surface area (Å²) in [5, 5.41) is 8.12. The molecule has 0 unspecified atom stereocenters. The van der Waals surface area contributed by atoms with Gasteiger partial charge in [-0.25, -0.2) is 4.79 Å². The number of allylic oxidation sites excluding steroid dienone is 1. The van der Waals surface area contributed by atoms with Crippen molar-refractivity contribution >= 4 is 5.97 Å². The predicted molar refractivity (Wildman–Crippen MR) is 42.3 cm³/mol. The maximum atomic E-state index is 12.8. The fourth-order valence-electron chi connectivity index (χ4n) is 0.812. The van der Waals surface area contributed by atoms with Crippen molar-refractivity contribution in [2.75, 3.05) is 0 Å². The van der Waals surface area contributed by atoms with E-state index in [1.807, 2.05) is 0 Å². The van der Waals surface area contributed by atoms with E-state index in [-0.39, 0.29) is 0 Å². The molecule has 0 atom stereocenters. The summed E-state index contributed by atoms with van der Waals surface area (Å²) in [6.45, 7) is 0.331. The summed E-state index contributed by atoms with van der Waals surface area (Å²) >= 11 is 0. The number of halogens is 9. The maximum absolute atomic E-state index is 12.8. The Balaban J connectivity index is 5.78. The van der Waals surface area contributed by atoms with Gasteiger partial charge in [-0.15, -0.1) is 0 Å². The lowest BCUT2D eigenvalue weighted by atomic mass is 10.0. The van der Waals surface area contributed by atoms with E-state index in [0.29, 0.717) is 6.92 Å². The van der Waals surface area contributed by atoms with Crippen LogP contribution in [0.1, 0.15) is 6.92 Å². The first-order chi connectivity index (χ1) is 8.08. The molecule has 0 aromatic rings. The zero-order valence-corrected chi connectivity index (χ0v) is 8.83. The number of hydrogen-bond acceptors (Lipinski definition) is 1. The van der Waals surface area contributed by atoms with Gasteiger partial charge in [0.05, 0.1) is 0 Å². The minimum atomic E-state index is -7.03. The third-order valence-corrected chi connectivity index (χ3v) is 1.90. The predicted octanol–water partition coefficient (Wildman–Crippen LogP) is 3.49. The van der Waals surface area contributed by atoms with E-state index in [2.05, 4.69) is 0 Å². The number of hydrogen-bond donors (Lipinski definition) is 1. The highest BCUT2D eigenvalue weighted by atomic mass is 19.4. The lowest BCUT2D eigenvalue weighted by molar-refractivity contribution is -0.388. The Bertz CT molecular complexity index is 394. The molecule has 0 fully saturated rings. The summed E-state index contributed by atoms with van der Waals surface area (Å²) in [4.78, 5) is 10.1. The smallest absolute Gasteiger partial charge is 0.460 e. The summed E-state index contributed by atoms with van der Waals surface area (Å²) < 4.78 is 110. The molecule has 0 bridgehead atoms. The van der Waals surface area contributed by atoms with Crippen molar-refractivity contribution in [3.8, 4) is 0 Å². The second-order valence-electron chi connectivity index (χ2n) is 3.40. The number of aliphatic carboxylic acids is 1. The second kappa shape index (κ2) is 4.60. The lowest BCUT2D eigenvalue weighted by Crippen LogP contribution is -2.60. The summed E-state index contributed by atoms with van der Waals surface area (Å²) in [5.41, 5.74) is -1.51. The van der Waals surface area contributed by atoms with E-state index in [4.69, 9.17) is 5.11 Å². The molecule has 0 radical (unpaired) electrons. The van der Waals surface area contributed by atoms with Crippen molar-refractivity contribution in [2.24, 2.45) is 0 Å². The molecule has 19 heavy (non-hydrogen) atoms. The normalized spacial score (nSPS) is 15.6. The second-order valence-corrected chi connectivity index (χ2v) is 3.40. The molecule has 0 heterocycles. The van der Waals surface area contributed by atoms with Gasteiger partial charge < -0.3 is 5.11 Å². The Morgan fingerprint density at radius 1 is 0.895 bits per heavy atom. The van der Waals surface area contributed by atoms with Gasteiger partial charge in [0.1, 0.15) is 0 Å². The van der Waals surface area contributed by atoms with E-state index >= 15 is 0 Å². The Labute approximate surface area is 99.0 Å². The van der Waals surface area contributed by atoms with E-state index in [0.717, 1.165) is 0 Å². The molecule has 0 aromatic carbocycles. The van der Waals surface area contributed by atoms with Crippen molar-refractivity contribution in [3.63, 3.8) is 0 Å². The number of rotatable bonds is 4. The maximum Gasteiger partial charge on any atom is 0.460 e. The number of carbonyl (C=O) groups is 1. The van der Waals surface area contributed by atoms with E-state index in [9.17, 15) is 44.3 Å². The summed E-state index contributed by atoms with van der Waals surface area (Å²) in [6.07, 6.45) is -8.08. The lowest BCUT2D eigenvalue weighted by Gasteiger charge is -2.32. The van der Waals surface area contributed by atoms with Crippen molar-refractivity contribution in [1.82, 2.24) is 0 Å². The minimum absolute atomic E-state index is 0.331. The first-order valence-corrected chi connectivity index (χ1v) is 4.21. The molecule has 0 saturated heterocycles. The van der Waals surface area contributed by atoms with Crippen LogP contribution in [0, 0.1) is 0 Å². The Kier molecular flexibility index (Phi) is 4.26. The van der Waals surface area contributed by atoms with E-state index in [1.165, 1.54) is 0 Å². The van der Waals surface area contributed by atoms with Crippen molar-refractivity contribution in [1.29, 1.82) is 0 Å². The number of alkyl halides is 9. The van der Waals surface area contributed by atoms with Crippen LogP contribution in [-0.2, 0) is 4.79 Å². The van der Waals surface area contributed by atoms with Crippen LogP contribution in [0.15, 0.2) is 11.6 Å². The van der Waals surface area contributed by atoms with Gasteiger partial charge in [0.15, 0.2) is 0 Å². The third-order valence-electron chi connectivity index (χ3n) is 1.90. The average Bonchev–Trinajstić information content (AvgIpc) is 2.14. The van der Waals surface area contributed by atoms with Gasteiger partial charge in [-0.1, -0.05) is 0 Å². The van der Waals surface area contributed by atoms with Crippen LogP contribution in [0.25, 0.3) is 0 Å². The number of carboxylic acids is 1. The Morgan fingerprint density at radius 3 is 1.53 bits per heavy atom. The summed E-state index contributed by atoms with van der Waals surface area (Å²) in [5.74, 6) is -22.0. The fourth-order valence-corrected chi connectivity index (χ4v) is 0.812. The van der Waals surface area contributed by atoms with Gasteiger partial charge in [0.2, 0.25) is 0 Å². The molecule has 0 amide bonds. The fraction of sp³-hybridized carbons (Fsp3) is 0.625. The van der Waals surface area contributed by atoms with Crippen LogP contribution < -0.4 is 0 Å². The highest BCUT2D eigenvalue weighted by Gasteiger charge is 2.81. The van der Waals surface area contributed by atoms with Crippen LogP contribution in [0.2, 0.25) is 0 Å². The van der Waals surface area contributed by atoms with Crippen molar-refractivity contribution in [3.05, 3.63) is 11.6 Å². The molecule has 0 saturated carbocycles. The standard InChI is InChI=1S/C8H5F9O2/c1-3(4(18)19)2-5(9,10)6(11,12)7(13,14)8(15,16)17/h2H,1H3,(H,18,19). The molecular weight excluding hydrogens is 299 g/mol. The molecule has 0 aliphatic carbocycles. The van der Waals surface area contributed by atoms with Gasteiger partial charge in [0, 0.05) is 11.6 Å². The SMILES string of the molecule is CC(=CC(F)(F)C(F)(F)C(F)(F)C(F)(F)F)C(=O)O. The van der Waals surface area contributed by atoms with E-state index in [1.54, 1.807) is 0 Å². The molecule has 112 valence electrons. The van der Waals surface area contributed by atoms with Gasteiger partial charge in [-0.3, -0.25) is 0 Å². The Hall–Kier alpha value is -1.42. The monoisotopic (exact) mass is 304 g/mol. The molecule has 2 nitrogen and oxygen atoms in total.